The molecule has 2 fully saturated rings. The van der Waals surface area contributed by atoms with Gasteiger partial charge in [-0.05, 0) is 31.6 Å². The van der Waals surface area contributed by atoms with Crippen LogP contribution < -0.4 is 5.32 Å². The molecule has 0 amide bonds. The van der Waals surface area contributed by atoms with Gasteiger partial charge in [-0.1, -0.05) is 19.8 Å². The van der Waals surface area contributed by atoms with Gasteiger partial charge in [0.1, 0.15) is 0 Å². The summed E-state index contributed by atoms with van der Waals surface area (Å²) in [6.07, 6.45) is 8.66. The summed E-state index contributed by atoms with van der Waals surface area (Å²) in [5, 5.41) is 3.74. The van der Waals surface area contributed by atoms with Crippen molar-refractivity contribution < 1.29 is 0 Å². The van der Waals surface area contributed by atoms with E-state index in [9.17, 15) is 0 Å². The van der Waals surface area contributed by atoms with Gasteiger partial charge in [0.15, 0.2) is 0 Å². The summed E-state index contributed by atoms with van der Waals surface area (Å²) in [4.78, 5) is 0. The first-order chi connectivity index (χ1) is 5.36. The van der Waals surface area contributed by atoms with E-state index < -0.39 is 0 Å². The third-order valence-corrected chi connectivity index (χ3v) is 3.14. The fourth-order valence-electron chi connectivity index (χ4n) is 2.12. The molecule has 0 unspecified atom stereocenters. The highest BCUT2D eigenvalue weighted by Gasteiger charge is 2.28. The van der Waals surface area contributed by atoms with Crippen molar-refractivity contribution >= 4 is 0 Å². The first-order valence-electron chi connectivity index (χ1n) is 5.12. The van der Waals surface area contributed by atoms with E-state index in [4.69, 9.17) is 0 Å². The Morgan fingerprint density at radius 3 is 2.36 bits per heavy atom. The molecule has 1 N–H and O–H groups in total. The molecule has 2 aliphatic rings. The van der Waals surface area contributed by atoms with Crippen LogP contribution in [0.3, 0.4) is 0 Å². The Labute approximate surface area is 69.6 Å². The van der Waals surface area contributed by atoms with Crippen LogP contribution in [0, 0.1) is 5.92 Å². The standard InChI is InChI=1S/C10H19N/c1-8-4-2-3-5-10(8)11-9-6-7-9/h8-11H,2-7H2,1H3/t8-,10+/m0/s1. The predicted molar refractivity (Wildman–Crippen MR) is 47.6 cm³/mol. The van der Waals surface area contributed by atoms with E-state index in [-0.39, 0.29) is 0 Å². The van der Waals surface area contributed by atoms with Crippen LogP contribution in [0.4, 0.5) is 0 Å². The van der Waals surface area contributed by atoms with Gasteiger partial charge in [0, 0.05) is 12.1 Å². The second-order valence-electron chi connectivity index (χ2n) is 4.31. The van der Waals surface area contributed by atoms with Crippen LogP contribution in [-0.4, -0.2) is 12.1 Å². The van der Waals surface area contributed by atoms with E-state index in [1.165, 1.54) is 38.5 Å². The van der Waals surface area contributed by atoms with Crippen LogP contribution in [0.25, 0.3) is 0 Å². The van der Waals surface area contributed by atoms with Crippen molar-refractivity contribution in [2.75, 3.05) is 0 Å². The smallest absolute Gasteiger partial charge is 0.00952 e. The molecule has 0 radical (unpaired) electrons. The van der Waals surface area contributed by atoms with Gasteiger partial charge in [-0.3, -0.25) is 0 Å². The molecule has 2 aliphatic carbocycles. The van der Waals surface area contributed by atoms with Gasteiger partial charge in [-0.25, -0.2) is 0 Å². The van der Waals surface area contributed by atoms with Crippen molar-refractivity contribution in [3.05, 3.63) is 0 Å². The predicted octanol–water partition coefficient (Wildman–Crippen LogP) is 2.32. The van der Waals surface area contributed by atoms with Gasteiger partial charge in [0.25, 0.3) is 0 Å². The molecular weight excluding hydrogens is 134 g/mol. The van der Waals surface area contributed by atoms with E-state index in [0.717, 1.165) is 18.0 Å². The molecule has 64 valence electrons. The largest absolute Gasteiger partial charge is 0.311 e. The summed E-state index contributed by atoms with van der Waals surface area (Å²) in [5.74, 6) is 0.935. The van der Waals surface area contributed by atoms with Crippen LogP contribution in [0.1, 0.15) is 45.4 Å². The second kappa shape index (κ2) is 3.14. The minimum absolute atomic E-state index is 0.858. The number of rotatable bonds is 2. The Morgan fingerprint density at radius 2 is 1.73 bits per heavy atom. The average Bonchev–Trinajstić information content (AvgIpc) is 2.78. The molecule has 0 aromatic carbocycles. The second-order valence-corrected chi connectivity index (χ2v) is 4.31. The molecule has 11 heavy (non-hydrogen) atoms. The molecule has 2 atom stereocenters. The molecule has 0 aliphatic heterocycles. The van der Waals surface area contributed by atoms with Crippen molar-refractivity contribution in [3.8, 4) is 0 Å². The molecule has 2 rings (SSSR count). The molecular formula is C10H19N. The zero-order valence-electron chi connectivity index (χ0n) is 7.47. The van der Waals surface area contributed by atoms with E-state index in [0.29, 0.717) is 0 Å². The maximum Gasteiger partial charge on any atom is 0.00952 e. The molecule has 1 nitrogen and oxygen atoms in total. The number of nitrogens with one attached hydrogen (secondary N) is 1. The Hall–Kier alpha value is -0.0400. The SMILES string of the molecule is C[C@H]1CCCC[C@H]1NC1CC1. The summed E-state index contributed by atoms with van der Waals surface area (Å²) in [6, 6.07) is 1.76. The first-order valence-corrected chi connectivity index (χ1v) is 5.12. The van der Waals surface area contributed by atoms with Gasteiger partial charge in [0.05, 0.1) is 0 Å². The Bertz CT molecular complexity index is 129. The highest BCUT2D eigenvalue weighted by molar-refractivity contribution is 4.88. The molecule has 2 saturated carbocycles. The van der Waals surface area contributed by atoms with Crippen LogP contribution in [0.15, 0.2) is 0 Å². The van der Waals surface area contributed by atoms with Crippen molar-refractivity contribution in [1.82, 2.24) is 5.32 Å². The summed E-state index contributed by atoms with van der Waals surface area (Å²) in [6.45, 7) is 2.40. The minimum Gasteiger partial charge on any atom is -0.311 e. The van der Waals surface area contributed by atoms with Crippen molar-refractivity contribution in [1.29, 1.82) is 0 Å². The van der Waals surface area contributed by atoms with Gasteiger partial charge < -0.3 is 5.32 Å². The number of hydrogen-bond donors (Lipinski definition) is 1. The minimum atomic E-state index is 0.858. The molecule has 0 aromatic heterocycles. The fourth-order valence-corrected chi connectivity index (χ4v) is 2.12. The van der Waals surface area contributed by atoms with Gasteiger partial charge in [-0.15, -0.1) is 0 Å². The van der Waals surface area contributed by atoms with E-state index in [1.807, 2.05) is 0 Å². The maximum absolute atomic E-state index is 3.74. The Kier molecular flexibility index (Phi) is 2.17. The highest BCUT2D eigenvalue weighted by atomic mass is 15.0. The third kappa shape index (κ3) is 1.96. The van der Waals surface area contributed by atoms with Crippen LogP contribution in [0.5, 0.6) is 0 Å². The van der Waals surface area contributed by atoms with Crippen molar-refractivity contribution in [2.45, 2.75) is 57.5 Å². The zero-order chi connectivity index (χ0) is 7.68. The molecule has 0 saturated heterocycles. The lowest BCUT2D eigenvalue weighted by molar-refractivity contribution is 0.279. The molecule has 0 aromatic rings. The highest BCUT2D eigenvalue weighted by Crippen LogP contribution is 2.28. The quantitative estimate of drug-likeness (QED) is 0.642. The molecule has 1 heteroatoms. The Balaban J connectivity index is 1.78. The lowest BCUT2D eigenvalue weighted by atomic mass is 9.86. The third-order valence-electron chi connectivity index (χ3n) is 3.14. The summed E-state index contributed by atoms with van der Waals surface area (Å²) in [5.41, 5.74) is 0. The molecule has 0 spiro atoms. The van der Waals surface area contributed by atoms with Crippen LogP contribution in [0.2, 0.25) is 0 Å². The van der Waals surface area contributed by atoms with Crippen LogP contribution in [-0.2, 0) is 0 Å². The van der Waals surface area contributed by atoms with E-state index in [2.05, 4.69) is 12.2 Å². The van der Waals surface area contributed by atoms with Crippen LogP contribution >= 0.6 is 0 Å². The average molecular weight is 153 g/mol. The van der Waals surface area contributed by atoms with E-state index >= 15 is 0 Å². The lowest BCUT2D eigenvalue weighted by Crippen LogP contribution is -2.38. The van der Waals surface area contributed by atoms with E-state index in [1.54, 1.807) is 0 Å². The maximum atomic E-state index is 3.74. The number of hydrogen-bond acceptors (Lipinski definition) is 1. The molecule has 0 bridgehead atoms. The summed E-state index contributed by atoms with van der Waals surface area (Å²) >= 11 is 0. The molecule has 0 heterocycles. The monoisotopic (exact) mass is 153 g/mol. The normalized spacial score (nSPS) is 39.0. The zero-order valence-corrected chi connectivity index (χ0v) is 7.47. The fraction of sp³-hybridized carbons (Fsp3) is 1.00. The lowest BCUT2D eigenvalue weighted by Gasteiger charge is -2.29. The van der Waals surface area contributed by atoms with Gasteiger partial charge >= 0.3 is 0 Å². The van der Waals surface area contributed by atoms with Crippen molar-refractivity contribution in [3.63, 3.8) is 0 Å². The summed E-state index contributed by atoms with van der Waals surface area (Å²) < 4.78 is 0. The first kappa shape index (κ1) is 7.60. The van der Waals surface area contributed by atoms with Gasteiger partial charge in [0.2, 0.25) is 0 Å². The van der Waals surface area contributed by atoms with Gasteiger partial charge in [-0.2, -0.15) is 0 Å². The topological polar surface area (TPSA) is 12.0 Å². The summed E-state index contributed by atoms with van der Waals surface area (Å²) in [7, 11) is 0. The Morgan fingerprint density at radius 1 is 1.00 bits per heavy atom. The van der Waals surface area contributed by atoms with Crippen molar-refractivity contribution in [2.24, 2.45) is 5.92 Å².